The fourth-order valence-electron chi connectivity index (χ4n) is 4.48. The van der Waals surface area contributed by atoms with Gasteiger partial charge in [-0.3, -0.25) is 0 Å². The highest BCUT2D eigenvalue weighted by Crippen LogP contribution is 2.44. The van der Waals surface area contributed by atoms with Gasteiger partial charge < -0.3 is 38.5 Å². The lowest BCUT2D eigenvalue weighted by Gasteiger charge is -2.37. The van der Waals surface area contributed by atoms with Crippen molar-refractivity contribution in [3.8, 4) is 0 Å². The van der Waals surface area contributed by atoms with E-state index in [1.807, 2.05) is 50.4 Å². The van der Waals surface area contributed by atoms with Gasteiger partial charge in [0.2, 0.25) is 0 Å². The van der Waals surface area contributed by atoms with Crippen molar-refractivity contribution in [2.24, 2.45) is 0 Å². The second-order valence-corrected chi connectivity index (χ2v) is 10.9. The number of rotatable bonds is 9. The Balaban J connectivity index is 1.35. The van der Waals surface area contributed by atoms with Crippen LogP contribution in [0.1, 0.15) is 39.7 Å². The van der Waals surface area contributed by atoms with Crippen molar-refractivity contribution in [3.05, 3.63) is 35.9 Å². The van der Waals surface area contributed by atoms with Crippen LogP contribution in [0.5, 0.6) is 0 Å². The number of carbonyl (C=O) groups is 2. The summed E-state index contributed by atoms with van der Waals surface area (Å²) in [6, 6.07) is 8.44. The molecule has 1 aromatic carbocycles. The number of hydrogen-bond donors (Lipinski definition) is 1. The number of thioether (sulfide) groups is 1. The van der Waals surface area contributed by atoms with E-state index in [1.54, 1.807) is 25.6 Å². The molecule has 1 N–H and O–H groups in total. The number of hydrogen-bond acceptors (Lipinski definition) is 10. The van der Waals surface area contributed by atoms with Crippen LogP contribution in [-0.4, -0.2) is 79.0 Å². The number of benzene rings is 1. The lowest BCUT2D eigenvalue weighted by atomic mass is 9.99. The predicted molar refractivity (Wildman–Crippen MR) is 130 cm³/mol. The third-order valence-corrected chi connectivity index (χ3v) is 6.68. The summed E-state index contributed by atoms with van der Waals surface area (Å²) in [5.74, 6) is -1.62. The van der Waals surface area contributed by atoms with Crippen molar-refractivity contribution in [1.82, 2.24) is 5.32 Å². The zero-order valence-corrected chi connectivity index (χ0v) is 22.1. The van der Waals surface area contributed by atoms with Gasteiger partial charge in [0.15, 0.2) is 17.9 Å². The Kier molecular flexibility index (Phi) is 8.48. The van der Waals surface area contributed by atoms with Crippen LogP contribution in [-0.2, 0) is 44.6 Å². The molecule has 6 atom stereocenters. The molecule has 0 saturated carbocycles. The normalized spacial score (nSPS) is 30.6. The van der Waals surface area contributed by atoms with E-state index in [4.69, 9.17) is 33.2 Å². The molecule has 200 valence electrons. The summed E-state index contributed by atoms with van der Waals surface area (Å²) in [7, 11) is 0. The van der Waals surface area contributed by atoms with Gasteiger partial charge >= 0.3 is 12.1 Å². The van der Waals surface area contributed by atoms with E-state index < -0.39 is 60.4 Å². The third kappa shape index (κ3) is 6.70. The molecule has 3 heterocycles. The quantitative estimate of drug-likeness (QED) is 0.483. The first kappa shape index (κ1) is 27.2. The standard InChI is InChI=1S/C25H35NO9S/c1-24(2)32-18-17(31-22-20(19(18)33-24)34-25(3,4)35-22)14-29-21(27)16(11-12-36-5)26-23(28)30-13-15-9-7-6-8-10-15/h6-10,16-20,22H,11-14H2,1-5H3,(H,26,28)/t16-,17?,18?,19?,20?,22?/m0/s1. The molecule has 0 aromatic heterocycles. The first-order chi connectivity index (χ1) is 17.1. The second kappa shape index (κ2) is 11.2. The molecule has 3 fully saturated rings. The molecule has 11 heteroatoms. The molecule has 0 aliphatic carbocycles. The lowest BCUT2D eigenvalue weighted by Crippen LogP contribution is -2.56. The summed E-state index contributed by atoms with van der Waals surface area (Å²) >= 11 is 1.56. The van der Waals surface area contributed by atoms with Gasteiger partial charge in [0.05, 0.1) is 0 Å². The molecule has 0 bridgehead atoms. The van der Waals surface area contributed by atoms with Crippen molar-refractivity contribution in [2.75, 3.05) is 18.6 Å². The average molecular weight is 526 g/mol. The van der Waals surface area contributed by atoms with E-state index in [-0.39, 0.29) is 13.2 Å². The number of nitrogens with one attached hydrogen (secondary N) is 1. The van der Waals surface area contributed by atoms with Crippen molar-refractivity contribution < 1.29 is 42.7 Å². The minimum absolute atomic E-state index is 0.0943. The van der Waals surface area contributed by atoms with E-state index in [0.29, 0.717) is 12.2 Å². The fraction of sp³-hybridized carbons (Fsp3) is 0.680. The zero-order chi connectivity index (χ0) is 25.9. The average Bonchev–Trinajstić information content (AvgIpc) is 3.33. The smallest absolute Gasteiger partial charge is 0.408 e. The van der Waals surface area contributed by atoms with Crippen LogP contribution >= 0.6 is 11.8 Å². The summed E-state index contributed by atoms with van der Waals surface area (Å²) in [4.78, 5) is 25.3. The summed E-state index contributed by atoms with van der Waals surface area (Å²) in [6.07, 6.45) is -1.11. The van der Waals surface area contributed by atoms with Crippen molar-refractivity contribution in [2.45, 2.75) is 89.0 Å². The fourth-order valence-corrected chi connectivity index (χ4v) is 4.96. The monoisotopic (exact) mass is 525 g/mol. The van der Waals surface area contributed by atoms with Gasteiger partial charge in [0.25, 0.3) is 0 Å². The van der Waals surface area contributed by atoms with Gasteiger partial charge in [-0.05, 0) is 51.7 Å². The van der Waals surface area contributed by atoms with E-state index >= 15 is 0 Å². The lowest BCUT2D eigenvalue weighted by molar-refractivity contribution is -0.242. The van der Waals surface area contributed by atoms with Crippen molar-refractivity contribution >= 4 is 23.8 Å². The minimum Gasteiger partial charge on any atom is -0.461 e. The highest BCUT2D eigenvalue weighted by atomic mass is 32.2. The molecule has 10 nitrogen and oxygen atoms in total. The van der Waals surface area contributed by atoms with Gasteiger partial charge in [-0.1, -0.05) is 30.3 Å². The Labute approximate surface area is 215 Å². The maximum absolute atomic E-state index is 13.0. The molecule has 0 spiro atoms. The van der Waals surface area contributed by atoms with E-state index in [9.17, 15) is 9.59 Å². The molecule has 1 aromatic rings. The van der Waals surface area contributed by atoms with Gasteiger partial charge in [0, 0.05) is 0 Å². The summed E-state index contributed by atoms with van der Waals surface area (Å²) in [5.41, 5.74) is 0.848. The number of carbonyl (C=O) groups excluding carboxylic acids is 2. The first-order valence-corrected chi connectivity index (χ1v) is 13.5. The third-order valence-electron chi connectivity index (χ3n) is 6.04. The maximum Gasteiger partial charge on any atom is 0.408 e. The zero-order valence-electron chi connectivity index (χ0n) is 21.3. The Morgan fingerprint density at radius 3 is 2.36 bits per heavy atom. The molecular formula is C25H35NO9S. The molecule has 1 amide bonds. The van der Waals surface area contributed by atoms with Crippen LogP contribution in [0.25, 0.3) is 0 Å². The SMILES string of the molecule is CSCC[C@H](NC(=O)OCc1ccccc1)C(=O)OCC1OC2OC(C)(C)OC2C2OC(C)(C)OC12. The molecule has 3 saturated heterocycles. The summed E-state index contributed by atoms with van der Waals surface area (Å²) in [5, 5.41) is 2.63. The molecule has 3 aliphatic heterocycles. The highest BCUT2D eigenvalue weighted by Gasteiger charge is 2.60. The Morgan fingerprint density at radius 2 is 1.64 bits per heavy atom. The van der Waals surface area contributed by atoms with Crippen LogP contribution in [0.2, 0.25) is 0 Å². The Hall–Kier alpha value is -1.89. The Morgan fingerprint density at radius 1 is 0.972 bits per heavy atom. The second-order valence-electron chi connectivity index (χ2n) is 9.88. The number of esters is 1. The molecule has 5 unspecified atom stereocenters. The van der Waals surface area contributed by atoms with Gasteiger partial charge in [-0.25, -0.2) is 9.59 Å². The van der Waals surface area contributed by atoms with E-state index in [1.165, 1.54) is 0 Å². The van der Waals surface area contributed by atoms with Crippen LogP contribution in [0, 0.1) is 0 Å². The summed E-state index contributed by atoms with van der Waals surface area (Å²) < 4.78 is 41.0. The number of amides is 1. The van der Waals surface area contributed by atoms with Crippen molar-refractivity contribution in [3.63, 3.8) is 0 Å². The minimum atomic E-state index is -0.866. The van der Waals surface area contributed by atoms with Crippen LogP contribution in [0.15, 0.2) is 30.3 Å². The molecule has 4 rings (SSSR count). The largest absolute Gasteiger partial charge is 0.461 e. The molecule has 36 heavy (non-hydrogen) atoms. The highest BCUT2D eigenvalue weighted by molar-refractivity contribution is 7.98. The number of ether oxygens (including phenoxy) is 7. The molecular weight excluding hydrogens is 490 g/mol. The van der Waals surface area contributed by atoms with Gasteiger partial charge in [-0.2, -0.15) is 11.8 Å². The van der Waals surface area contributed by atoms with Gasteiger partial charge in [-0.15, -0.1) is 0 Å². The molecule has 3 aliphatic rings. The first-order valence-electron chi connectivity index (χ1n) is 12.1. The number of alkyl carbamates (subject to hydrolysis) is 1. The Bertz CT molecular complexity index is 912. The van der Waals surface area contributed by atoms with Crippen LogP contribution in [0.3, 0.4) is 0 Å². The van der Waals surface area contributed by atoms with Crippen LogP contribution in [0.4, 0.5) is 4.79 Å². The topological polar surface area (TPSA) is 111 Å². The maximum atomic E-state index is 13.0. The van der Waals surface area contributed by atoms with Gasteiger partial charge in [0.1, 0.15) is 43.7 Å². The number of fused-ring (bicyclic) bond motifs is 3. The predicted octanol–water partition coefficient (Wildman–Crippen LogP) is 2.97. The van der Waals surface area contributed by atoms with Crippen molar-refractivity contribution in [1.29, 1.82) is 0 Å². The van der Waals surface area contributed by atoms with E-state index in [2.05, 4.69) is 5.32 Å². The molecule has 0 radical (unpaired) electrons. The van der Waals surface area contributed by atoms with E-state index in [0.717, 1.165) is 5.56 Å². The van der Waals surface area contributed by atoms with Crippen LogP contribution < -0.4 is 5.32 Å². The summed E-state index contributed by atoms with van der Waals surface area (Å²) in [6.45, 7) is 7.24.